The van der Waals surface area contributed by atoms with Gasteiger partial charge in [-0.3, -0.25) is 4.90 Å². The van der Waals surface area contributed by atoms with Crippen LogP contribution in [-0.2, 0) is 0 Å². The highest BCUT2D eigenvalue weighted by Crippen LogP contribution is 2.23. The molecule has 2 fully saturated rings. The molecule has 2 saturated heterocycles. The normalized spacial score (nSPS) is 38.5. The SMILES string of the molecule is CCC1CNC(C)(CC)CN1CC1CCCCN1C. The van der Waals surface area contributed by atoms with E-state index >= 15 is 0 Å². The Balaban J connectivity index is 1.97. The molecule has 3 unspecified atom stereocenters. The summed E-state index contributed by atoms with van der Waals surface area (Å²) in [5, 5.41) is 3.77. The summed E-state index contributed by atoms with van der Waals surface area (Å²) in [4.78, 5) is 5.36. The molecule has 2 aliphatic rings. The van der Waals surface area contributed by atoms with Crippen molar-refractivity contribution >= 4 is 0 Å². The van der Waals surface area contributed by atoms with E-state index in [4.69, 9.17) is 0 Å². The maximum atomic E-state index is 3.77. The molecular weight excluding hydrogens is 234 g/mol. The van der Waals surface area contributed by atoms with Gasteiger partial charge in [-0.15, -0.1) is 0 Å². The summed E-state index contributed by atoms with van der Waals surface area (Å²) >= 11 is 0. The first kappa shape index (κ1) is 15.3. The number of likely N-dealkylation sites (tertiary alicyclic amines) is 1. The lowest BCUT2D eigenvalue weighted by Crippen LogP contribution is -2.64. The highest BCUT2D eigenvalue weighted by Gasteiger charge is 2.35. The van der Waals surface area contributed by atoms with E-state index in [9.17, 15) is 0 Å². The second-order valence-corrected chi connectivity index (χ2v) is 6.92. The minimum Gasteiger partial charge on any atom is -0.309 e. The summed E-state index contributed by atoms with van der Waals surface area (Å²) in [6.07, 6.45) is 6.69. The highest BCUT2D eigenvalue weighted by atomic mass is 15.3. The van der Waals surface area contributed by atoms with Crippen molar-refractivity contribution < 1.29 is 0 Å². The zero-order valence-electron chi connectivity index (χ0n) is 13.4. The van der Waals surface area contributed by atoms with Gasteiger partial charge in [0.2, 0.25) is 0 Å². The molecule has 0 radical (unpaired) electrons. The van der Waals surface area contributed by atoms with E-state index in [1.54, 1.807) is 0 Å². The van der Waals surface area contributed by atoms with E-state index in [0.29, 0.717) is 5.54 Å². The van der Waals surface area contributed by atoms with Crippen LogP contribution >= 0.6 is 0 Å². The van der Waals surface area contributed by atoms with Gasteiger partial charge in [-0.2, -0.15) is 0 Å². The Hall–Kier alpha value is -0.120. The fourth-order valence-electron chi connectivity index (χ4n) is 3.63. The van der Waals surface area contributed by atoms with Gasteiger partial charge in [-0.05, 0) is 46.2 Å². The maximum Gasteiger partial charge on any atom is 0.0278 e. The van der Waals surface area contributed by atoms with Crippen LogP contribution in [0, 0.1) is 0 Å². The van der Waals surface area contributed by atoms with Crippen molar-refractivity contribution in [2.24, 2.45) is 0 Å². The van der Waals surface area contributed by atoms with Crippen LogP contribution in [0.4, 0.5) is 0 Å². The van der Waals surface area contributed by atoms with Gasteiger partial charge in [-0.1, -0.05) is 20.3 Å². The molecule has 3 heteroatoms. The standard InChI is InChI=1S/C16H33N3/c1-5-14-11-17-16(3,6-2)13-19(14)12-15-9-7-8-10-18(15)4/h14-15,17H,5-13H2,1-4H3. The molecular formula is C16H33N3. The third-order valence-electron chi connectivity index (χ3n) is 5.45. The first-order valence-corrected chi connectivity index (χ1v) is 8.27. The number of piperazine rings is 1. The Labute approximate surface area is 119 Å². The van der Waals surface area contributed by atoms with Gasteiger partial charge in [0, 0.05) is 37.3 Å². The number of nitrogens with zero attached hydrogens (tertiary/aromatic N) is 2. The summed E-state index contributed by atoms with van der Waals surface area (Å²) in [5.41, 5.74) is 0.318. The Morgan fingerprint density at radius 2 is 2.00 bits per heavy atom. The van der Waals surface area contributed by atoms with E-state index in [0.717, 1.165) is 18.6 Å². The molecule has 0 bridgehead atoms. The molecule has 2 heterocycles. The molecule has 0 aromatic carbocycles. The fourth-order valence-corrected chi connectivity index (χ4v) is 3.63. The maximum absolute atomic E-state index is 3.77. The predicted octanol–water partition coefficient (Wildman–Crippen LogP) is 2.32. The van der Waals surface area contributed by atoms with Crippen LogP contribution in [0.1, 0.15) is 52.9 Å². The molecule has 112 valence electrons. The van der Waals surface area contributed by atoms with E-state index in [2.05, 4.69) is 42.9 Å². The lowest BCUT2D eigenvalue weighted by Gasteiger charge is -2.48. The van der Waals surface area contributed by atoms with Gasteiger partial charge >= 0.3 is 0 Å². The quantitative estimate of drug-likeness (QED) is 0.843. The lowest BCUT2D eigenvalue weighted by atomic mass is 9.91. The second-order valence-electron chi connectivity index (χ2n) is 6.92. The van der Waals surface area contributed by atoms with E-state index in [-0.39, 0.29) is 0 Å². The third kappa shape index (κ3) is 3.71. The topological polar surface area (TPSA) is 18.5 Å². The van der Waals surface area contributed by atoms with Crippen molar-refractivity contribution in [3.05, 3.63) is 0 Å². The molecule has 0 aliphatic carbocycles. The van der Waals surface area contributed by atoms with Crippen LogP contribution < -0.4 is 5.32 Å². The molecule has 3 atom stereocenters. The highest BCUT2D eigenvalue weighted by molar-refractivity contribution is 4.95. The first-order chi connectivity index (χ1) is 9.08. The van der Waals surface area contributed by atoms with Gasteiger partial charge in [0.1, 0.15) is 0 Å². The molecule has 0 saturated carbocycles. The lowest BCUT2D eigenvalue weighted by molar-refractivity contribution is 0.0450. The van der Waals surface area contributed by atoms with Crippen LogP contribution in [0.3, 0.4) is 0 Å². The molecule has 1 N–H and O–H groups in total. The summed E-state index contributed by atoms with van der Waals surface area (Å²) in [5.74, 6) is 0. The summed E-state index contributed by atoms with van der Waals surface area (Å²) in [7, 11) is 2.31. The smallest absolute Gasteiger partial charge is 0.0278 e. The van der Waals surface area contributed by atoms with Crippen molar-refractivity contribution in [1.82, 2.24) is 15.1 Å². The molecule has 3 nitrogen and oxygen atoms in total. The molecule has 0 spiro atoms. The molecule has 0 amide bonds. The zero-order chi connectivity index (χ0) is 13.9. The van der Waals surface area contributed by atoms with Crippen molar-refractivity contribution in [2.45, 2.75) is 70.5 Å². The minimum atomic E-state index is 0.318. The van der Waals surface area contributed by atoms with E-state index < -0.39 is 0 Å². The fraction of sp³-hybridized carbons (Fsp3) is 1.00. The summed E-state index contributed by atoms with van der Waals surface area (Å²) in [6.45, 7) is 12.0. The number of nitrogens with one attached hydrogen (secondary N) is 1. The molecule has 0 aromatic heterocycles. The van der Waals surface area contributed by atoms with Gasteiger partial charge in [-0.25, -0.2) is 0 Å². The summed E-state index contributed by atoms with van der Waals surface area (Å²) < 4.78 is 0. The Kier molecular flexibility index (Phi) is 5.27. The van der Waals surface area contributed by atoms with Gasteiger partial charge in [0.15, 0.2) is 0 Å². The van der Waals surface area contributed by atoms with Gasteiger partial charge in [0.05, 0.1) is 0 Å². The van der Waals surface area contributed by atoms with E-state index in [1.807, 2.05) is 0 Å². The van der Waals surface area contributed by atoms with Crippen molar-refractivity contribution in [2.75, 3.05) is 33.2 Å². The monoisotopic (exact) mass is 267 g/mol. The first-order valence-electron chi connectivity index (χ1n) is 8.27. The van der Waals surface area contributed by atoms with Crippen molar-refractivity contribution in [3.63, 3.8) is 0 Å². The number of likely N-dealkylation sites (N-methyl/N-ethyl adjacent to an activating group) is 1. The van der Waals surface area contributed by atoms with Crippen LogP contribution in [0.15, 0.2) is 0 Å². The summed E-state index contributed by atoms with van der Waals surface area (Å²) in [6, 6.07) is 1.51. The minimum absolute atomic E-state index is 0.318. The van der Waals surface area contributed by atoms with Crippen LogP contribution in [0.5, 0.6) is 0 Å². The van der Waals surface area contributed by atoms with Crippen molar-refractivity contribution in [3.8, 4) is 0 Å². The molecule has 19 heavy (non-hydrogen) atoms. The van der Waals surface area contributed by atoms with Crippen LogP contribution in [-0.4, -0.2) is 60.6 Å². The van der Waals surface area contributed by atoms with E-state index in [1.165, 1.54) is 51.7 Å². The number of rotatable bonds is 4. The third-order valence-corrected chi connectivity index (χ3v) is 5.45. The van der Waals surface area contributed by atoms with Crippen LogP contribution in [0.2, 0.25) is 0 Å². The Morgan fingerprint density at radius 3 is 2.63 bits per heavy atom. The van der Waals surface area contributed by atoms with Gasteiger partial charge in [0.25, 0.3) is 0 Å². The van der Waals surface area contributed by atoms with Crippen molar-refractivity contribution in [1.29, 1.82) is 0 Å². The second kappa shape index (κ2) is 6.55. The zero-order valence-corrected chi connectivity index (χ0v) is 13.4. The number of piperidine rings is 1. The molecule has 0 aromatic rings. The number of hydrogen-bond acceptors (Lipinski definition) is 3. The Morgan fingerprint density at radius 1 is 1.21 bits per heavy atom. The largest absolute Gasteiger partial charge is 0.309 e. The number of hydrogen-bond donors (Lipinski definition) is 1. The molecule has 2 rings (SSSR count). The van der Waals surface area contributed by atoms with Crippen LogP contribution in [0.25, 0.3) is 0 Å². The average molecular weight is 267 g/mol. The molecule has 2 aliphatic heterocycles. The Bertz CT molecular complexity index is 281. The predicted molar refractivity (Wildman–Crippen MR) is 82.6 cm³/mol. The average Bonchev–Trinajstić information content (AvgIpc) is 2.42. The van der Waals surface area contributed by atoms with Gasteiger partial charge < -0.3 is 10.2 Å².